The van der Waals surface area contributed by atoms with Crippen molar-refractivity contribution in [2.75, 3.05) is 0 Å². The number of hydrogen-bond donors (Lipinski definition) is 0. The van der Waals surface area contributed by atoms with E-state index in [1.54, 1.807) is 0 Å². The summed E-state index contributed by atoms with van der Waals surface area (Å²) in [5, 5.41) is 0. The molecule has 0 fully saturated rings. The highest BCUT2D eigenvalue weighted by Crippen LogP contribution is 2.58. The third kappa shape index (κ3) is 6.27. The van der Waals surface area contributed by atoms with Crippen LogP contribution in [0.3, 0.4) is 0 Å². The molecular formula is C60H39N3O. The van der Waals surface area contributed by atoms with Gasteiger partial charge < -0.3 is 4.42 Å². The Morgan fingerprint density at radius 3 is 1.59 bits per heavy atom. The Balaban J connectivity index is 0.992. The standard InChI is InChI=1S/C60H39N3O/c1-5-18-40(19-6-1)54-39-55(62-58(61-54)41-20-7-2-8-21-41)46-27-16-25-44(37-46)43-24-15-26-45(36-43)49-31-17-33-52-57(49)50-30-13-14-32-51(50)60(52,47-28-11-4-12-29-47)48-34-35-53-56(38-48)64-59(63-53)42-22-9-3-10-23-42/h1-39H. The monoisotopic (exact) mass is 817 g/mol. The first-order valence-electron chi connectivity index (χ1n) is 21.7. The summed E-state index contributed by atoms with van der Waals surface area (Å²) in [4.78, 5) is 15.1. The Labute approximate surface area is 371 Å². The van der Waals surface area contributed by atoms with Crippen LogP contribution in [0.25, 0.3) is 89.8 Å². The zero-order chi connectivity index (χ0) is 42.5. The van der Waals surface area contributed by atoms with Gasteiger partial charge in [-0.25, -0.2) is 15.0 Å². The molecule has 0 N–H and O–H groups in total. The van der Waals surface area contributed by atoms with E-state index in [1.807, 2.05) is 66.7 Å². The summed E-state index contributed by atoms with van der Waals surface area (Å²) in [5.41, 5.74) is 18.6. The largest absolute Gasteiger partial charge is 0.436 e. The smallest absolute Gasteiger partial charge is 0.227 e. The van der Waals surface area contributed by atoms with Crippen LogP contribution in [-0.2, 0) is 5.41 Å². The topological polar surface area (TPSA) is 51.8 Å². The van der Waals surface area contributed by atoms with Gasteiger partial charge in [0.05, 0.1) is 16.8 Å². The summed E-state index contributed by atoms with van der Waals surface area (Å²) < 4.78 is 6.53. The molecule has 0 spiro atoms. The maximum absolute atomic E-state index is 6.53. The first kappa shape index (κ1) is 37.3. The van der Waals surface area contributed by atoms with Crippen molar-refractivity contribution in [3.63, 3.8) is 0 Å². The summed E-state index contributed by atoms with van der Waals surface area (Å²) in [6.45, 7) is 0. The van der Waals surface area contributed by atoms with Crippen molar-refractivity contribution in [2.45, 2.75) is 5.41 Å². The van der Waals surface area contributed by atoms with Crippen LogP contribution >= 0.6 is 0 Å². The lowest BCUT2D eigenvalue weighted by atomic mass is 9.67. The molecule has 0 aliphatic heterocycles. The fourth-order valence-electron chi connectivity index (χ4n) is 9.70. The molecule has 1 aliphatic carbocycles. The van der Waals surface area contributed by atoms with Crippen molar-refractivity contribution in [1.29, 1.82) is 0 Å². The molecule has 4 nitrogen and oxygen atoms in total. The Hall–Kier alpha value is -8.47. The molecule has 2 aromatic heterocycles. The van der Waals surface area contributed by atoms with Crippen LogP contribution in [0.2, 0.25) is 0 Å². The normalized spacial score (nSPS) is 14.0. The van der Waals surface area contributed by atoms with Crippen molar-refractivity contribution in [1.82, 2.24) is 15.0 Å². The predicted octanol–water partition coefficient (Wildman–Crippen LogP) is 15.0. The lowest BCUT2D eigenvalue weighted by molar-refractivity contribution is 0.618. The fraction of sp³-hybridized carbons (Fsp3) is 0.0167. The minimum Gasteiger partial charge on any atom is -0.436 e. The fourth-order valence-corrected chi connectivity index (χ4v) is 9.70. The van der Waals surface area contributed by atoms with E-state index in [2.05, 4.69) is 170 Å². The van der Waals surface area contributed by atoms with Crippen LogP contribution in [0.5, 0.6) is 0 Å². The van der Waals surface area contributed by atoms with Crippen molar-refractivity contribution >= 4 is 11.1 Å². The molecule has 11 aromatic rings. The van der Waals surface area contributed by atoms with Crippen LogP contribution < -0.4 is 0 Å². The lowest BCUT2D eigenvalue weighted by Crippen LogP contribution is -2.28. The Morgan fingerprint density at radius 1 is 0.328 bits per heavy atom. The highest BCUT2D eigenvalue weighted by atomic mass is 16.3. The number of benzene rings is 9. The van der Waals surface area contributed by atoms with E-state index in [1.165, 1.54) is 33.4 Å². The molecule has 64 heavy (non-hydrogen) atoms. The van der Waals surface area contributed by atoms with Crippen molar-refractivity contribution in [2.24, 2.45) is 0 Å². The minimum atomic E-state index is -0.613. The summed E-state index contributed by atoms with van der Waals surface area (Å²) in [6, 6.07) is 83.6. The molecule has 0 radical (unpaired) electrons. The van der Waals surface area contributed by atoms with Crippen LogP contribution in [0.4, 0.5) is 0 Å². The summed E-state index contributed by atoms with van der Waals surface area (Å²) in [5.74, 6) is 1.32. The van der Waals surface area contributed by atoms with Gasteiger partial charge in [-0.15, -0.1) is 0 Å². The second-order valence-corrected chi connectivity index (χ2v) is 16.3. The maximum Gasteiger partial charge on any atom is 0.227 e. The molecule has 2 heterocycles. The summed E-state index contributed by atoms with van der Waals surface area (Å²) in [7, 11) is 0. The van der Waals surface area contributed by atoms with Gasteiger partial charge in [0, 0.05) is 22.3 Å². The van der Waals surface area contributed by atoms with E-state index >= 15 is 0 Å². The molecule has 0 amide bonds. The number of hydrogen-bond acceptors (Lipinski definition) is 4. The third-order valence-electron chi connectivity index (χ3n) is 12.6. The molecule has 0 saturated carbocycles. The first-order chi connectivity index (χ1) is 31.7. The first-order valence-corrected chi connectivity index (χ1v) is 21.7. The molecule has 1 aliphatic rings. The van der Waals surface area contributed by atoms with Crippen LogP contribution in [-0.4, -0.2) is 15.0 Å². The Morgan fingerprint density at radius 2 is 0.859 bits per heavy atom. The zero-order valence-electron chi connectivity index (χ0n) is 34.8. The van der Waals surface area contributed by atoms with Gasteiger partial charge in [0.25, 0.3) is 0 Å². The minimum absolute atomic E-state index is 0.613. The second kappa shape index (κ2) is 15.5. The van der Waals surface area contributed by atoms with Crippen LogP contribution in [0.15, 0.2) is 241 Å². The van der Waals surface area contributed by atoms with Gasteiger partial charge in [-0.3, -0.25) is 0 Å². The third-order valence-corrected chi connectivity index (χ3v) is 12.6. The molecule has 9 aromatic carbocycles. The maximum atomic E-state index is 6.53. The van der Waals surface area contributed by atoms with Gasteiger partial charge in [0.15, 0.2) is 11.4 Å². The van der Waals surface area contributed by atoms with Gasteiger partial charge in [0.1, 0.15) is 5.52 Å². The van der Waals surface area contributed by atoms with Gasteiger partial charge >= 0.3 is 0 Å². The Bertz CT molecular complexity index is 3430. The quantitative estimate of drug-likeness (QED) is 0.153. The predicted molar refractivity (Wildman–Crippen MR) is 260 cm³/mol. The van der Waals surface area contributed by atoms with Crippen LogP contribution in [0, 0.1) is 0 Å². The summed E-state index contributed by atoms with van der Waals surface area (Å²) >= 11 is 0. The highest BCUT2D eigenvalue weighted by molar-refractivity contribution is 5.96. The number of nitrogens with zero attached hydrogens (tertiary/aromatic N) is 3. The van der Waals surface area contributed by atoms with E-state index < -0.39 is 5.41 Å². The SMILES string of the molecule is c1ccc(-c2cc(-c3cccc(-c4cccc(-c5cccc6c5-c5ccccc5C6(c5ccccc5)c5ccc6nc(-c7ccccc7)oc6c5)c4)c3)nc(-c3ccccc3)n2)cc1. The summed E-state index contributed by atoms with van der Waals surface area (Å²) in [6.07, 6.45) is 0. The molecule has 0 saturated heterocycles. The number of fused-ring (bicyclic) bond motifs is 4. The van der Waals surface area contributed by atoms with E-state index in [-0.39, 0.29) is 0 Å². The molecular weight excluding hydrogens is 779 g/mol. The van der Waals surface area contributed by atoms with Crippen molar-refractivity contribution in [3.05, 3.63) is 259 Å². The van der Waals surface area contributed by atoms with E-state index in [0.29, 0.717) is 11.7 Å². The van der Waals surface area contributed by atoms with Gasteiger partial charge in [-0.2, -0.15) is 0 Å². The number of aromatic nitrogens is 3. The Kier molecular flexibility index (Phi) is 9.01. The molecule has 4 heteroatoms. The van der Waals surface area contributed by atoms with Crippen molar-refractivity contribution in [3.8, 4) is 78.7 Å². The van der Waals surface area contributed by atoms with Gasteiger partial charge in [-0.1, -0.05) is 194 Å². The van der Waals surface area contributed by atoms with E-state index in [4.69, 9.17) is 19.4 Å². The zero-order valence-corrected chi connectivity index (χ0v) is 34.8. The van der Waals surface area contributed by atoms with Crippen molar-refractivity contribution < 1.29 is 4.42 Å². The molecule has 12 rings (SSSR count). The number of oxazole rings is 1. The van der Waals surface area contributed by atoms with Gasteiger partial charge in [0.2, 0.25) is 5.89 Å². The molecule has 1 unspecified atom stereocenters. The lowest BCUT2D eigenvalue weighted by Gasteiger charge is -2.33. The van der Waals surface area contributed by atoms with E-state index in [9.17, 15) is 0 Å². The van der Waals surface area contributed by atoms with Crippen LogP contribution in [0.1, 0.15) is 22.3 Å². The van der Waals surface area contributed by atoms with Gasteiger partial charge in [-0.05, 0) is 98.1 Å². The average Bonchev–Trinajstić information content (AvgIpc) is 3.95. The average molecular weight is 818 g/mol. The molecule has 1 atom stereocenters. The van der Waals surface area contributed by atoms with E-state index in [0.717, 1.165) is 67.0 Å². The molecule has 300 valence electrons. The second-order valence-electron chi connectivity index (χ2n) is 16.3. The molecule has 0 bridgehead atoms. The number of rotatable bonds is 8. The highest BCUT2D eigenvalue weighted by Gasteiger charge is 2.47.